The highest BCUT2D eigenvalue weighted by molar-refractivity contribution is 5.98. The molecule has 0 radical (unpaired) electrons. The zero-order valence-electron chi connectivity index (χ0n) is 30.2. The average Bonchev–Trinajstić information content (AvgIpc) is 3.65. The quantitative estimate of drug-likeness (QED) is 0.0271. The second-order valence-corrected chi connectivity index (χ2v) is 12.6. The monoisotopic (exact) mass is 719 g/mol. The van der Waals surface area contributed by atoms with Crippen molar-refractivity contribution in [1.82, 2.24) is 15.7 Å². The first kappa shape index (κ1) is 41.1. The van der Waals surface area contributed by atoms with Gasteiger partial charge in [0.25, 0.3) is 5.91 Å². The van der Waals surface area contributed by atoms with Gasteiger partial charge in [0.1, 0.15) is 12.4 Å². The van der Waals surface area contributed by atoms with Crippen LogP contribution in [0, 0.1) is 17.8 Å². The summed E-state index contributed by atoms with van der Waals surface area (Å²) in [7, 11) is 1.17. The van der Waals surface area contributed by atoms with Crippen LogP contribution in [-0.4, -0.2) is 65.9 Å². The summed E-state index contributed by atoms with van der Waals surface area (Å²) in [5.74, 6) is -4.89. The molecule has 4 atom stereocenters. The lowest BCUT2D eigenvalue weighted by Crippen LogP contribution is -2.48. The molecule has 13 heteroatoms. The number of amides is 3. The number of carbonyl (C=O) groups excluding carboxylic acids is 5. The summed E-state index contributed by atoms with van der Waals surface area (Å²) in [6.45, 7) is 5.57. The number of esters is 1. The molecule has 0 saturated heterocycles. The smallest absolute Gasteiger partial charge is 0.309 e. The fourth-order valence-electron chi connectivity index (χ4n) is 5.98. The molecule has 52 heavy (non-hydrogen) atoms. The number of unbranched alkanes of at least 4 members (excludes halogenated alkanes) is 2. The number of benzene rings is 2. The third kappa shape index (κ3) is 12.2. The van der Waals surface area contributed by atoms with Gasteiger partial charge in [-0.1, -0.05) is 88.6 Å². The van der Waals surface area contributed by atoms with Crippen molar-refractivity contribution < 1.29 is 47.9 Å². The Bertz CT molecular complexity index is 1640. The molecular formula is C39H49N3O10. The lowest BCUT2D eigenvalue weighted by Gasteiger charge is -2.32. The van der Waals surface area contributed by atoms with E-state index in [0.717, 1.165) is 24.8 Å². The molecule has 3 aromatic rings. The number of rotatable bonds is 23. The molecule has 1 aromatic heterocycles. The molecule has 1 heterocycles. The molecule has 0 bridgehead atoms. The zero-order chi connectivity index (χ0) is 38.0. The van der Waals surface area contributed by atoms with Gasteiger partial charge < -0.3 is 24.9 Å². The van der Waals surface area contributed by atoms with Gasteiger partial charge in [-0.15, -0.1) is 0 Å². The van der Waals surface area contributed by atoms with Crippen LogP contribution in [0.5, 0.6) is 0 Å². The number of carboxylic acid groups (broad SMARTS) is 1. The number of carbonyl (C=O) groups is 6. The molecule has 3 N–H and O–H groups in total. The summed E-state index contributed by atoms with van der Waals surface area (Å²) in [6, 6.07) is 18.5. The van der Waals surface area contributed by atoms with Crippen molar-refractivity contribution in [2.75, 3.05) is 13.8 Å². The number of carboxylic acids is 1. The van der Waals surface area contributed by atoms with Crippen molar-refractivity contribution in [3.8, 4) is 11.3 Å². The normalized spacial score (nSPS) is 13.2. The molecule has 0 saturated carbocycles. The number of ether oxygens (including phenoxy) is 1. The van der Waals surface area contributed by atoms with E-state index in [4.69, 9.17) is 14.0 Å². The van der Waals surface area contributed by atoms with Crippen LogP contribution in [0.15, 0.2) is 71.1 Å². The molecule has 0 aliphatic heterocycles. The van der Waals surface area contributed by atoms with Crippen LogP contribution >= 0.6 is 0 Å². The first-order chi connectivity index (χ1) is 25.0. The molecule has 0 aliphatic rings. The van der Waals surface area contributed by atoms with Crippen molar-refractivity contribution in [2.45, 2.75) is 78.4 Å². The number of aliphatic carboxylic acids is 1. The SMILES string of the molecule is CCCCC[C@@H](C(=O)NCNC(=O)c1ccc(-c2cccc(C(=O)CC(C)[C@@H](CC(=O)O)C(=O)OC)c2)o1)[C@@H](CC)N(C=O)OCc1ccccc1. The number of furan rings is 1. The lowest BCUT2D eigenvalue weighted by molar-refractivity contribution is -0.200. The van der Waals surface area contributed by atoms with E-state index in [1.54, 1.807) is 37.3 Å². The maximum absolute atomic E-state index is 13.5. The number of nitrogens with zero attached hydrogens (tertiary/aromatic N) is 1. The molecule has 13 nitrogen and oxygen atoms in total. The number of nitrogens with one attached hydrogen (secondary N) is 2. The second-order valence-electron chi connectivity index (χ2n) is 12.6. The van der Waals surface area contributed by atoms with E-state index >= 15 is 0 Å². The molecule has 0 spiro atoms. The number of methoxy groups -OCH3 is 1. The van der Waals surface area contributed by atoms with Crippen molar-refractivity contribution in [3.63, 3.8) is 0 Å². The summed E-state index contributed by atoms with van der Waals surface area (Å²) in [5.41, 5.74) is 1.73. The standard InChI is InChI=1S/C39H49N3O10/c1-5-7-9-17-30(32(6-2)42(25-43)51-23-27-13-10-8-11-14-27)37(47)40-24-41-38(48)35-19-18-34(52-35)29-16-12-15-28(21-29)33(44)20-26(3)31(22-36(45)46)39(49)50-4/h8,10-16,18-19,21,25-26,30-32H,5-7,9,17,20,22-24H2,1-4H3,(H,40,47)(H,41,48)(H,45,46)/t26?,30-,31-,32-/m1/s1. The van der Waals surface area contributed by atoms with Crippen LogP contribution in [0.4, 0.5) is 0 Å². The molecule has 0 aliphatic carbocycles. The van der Waals surface area contributed by atoms with E-state index in [1.165, 1.54) is 18.2 Å². The Morgan fingerprint density at radius 2 is 1.67 bits per heavy atom. The first-order valence-electron chi connectivity index (χ1n) is 17.5. The van der Waals surface area contributed by atoms with Gasteiger partial charge in [-0.2, -0.15) is 0 Å². The van der Waals surface area contributed by atoms with E-state index < -0.39 is 48.1 Å². The third-order valence-corrected chi connectivity index (χ3v) is 8.90. The molecule has 3 rings (SSSR count). The molecule has 280 valence electrons. The number of ketones is 1. The van der Waals surface area contributed by atoms with Gasteiger partial charge in [0.05, 0.1) is 38.1 Å². The van der Waals surface area contributed by atoms with E-state index in [9.17, 15) is 33.9 Å². The Kier molecular flexibility index (Phi) is 16.7. The second kappa shape index (κ2) is 21.2. The highest BCUT2D eigenvalue weighted by Crippen LogP contribution is 2.27. The molecule has 0 fully saturated rings. The van der Waals surface area contributed by atoms with Gasteiger partial charge in [0.2, 0.25) is 12.3 Å². The summed E-state index contributed by atoms with van der Waals surface area (Å²) in [6.07, 6.45) is 3.73. The predicted octanol–water partition coefficient (Wildman–Crippen LogP) is 5.79. The summed E-state index contributed by atoms with van der Waals surface area (Å²) >= 11 is 0. The van der Waals surface area contributed by atoms with Crippen LogP contribution in [0.25, 0.3) is 11.3 Å². The third-order valence-electron chi connectivity index (χ3n) is 8.90. The minimum absolute atomic E-state index is 0.0171. The minimum atomic E-state index is -1.17. The lowest BCUT2D eigenvalue weighted by atomic mass is 9.85. The molecule has 2 aromatic carbocycles. The number of Topliss-reactive ketones (excluding diaryl/α,β-unsaturated/α-hetero) is 1. The maximum atomic E-state index is 13.5. The summed E-state index contributed by atoms with van der Waals surface area (Å²) < 4.78 is 10.5. The maximum Gasteiger partial charge on any atom is 0.309 e. The van der Waals surface area contributed by atoms with Gasteiger partial charge in [-0.25, -0.2) is 5.06 Å². The number of hydrogen-bond donors (Lipinski definition) is 3. The van der Waals surface area contributed by atoms with Crippen LogP contribution in [0.2, 0.25) is 0 Å². The molecule has 1 unspecified atom stereocenters. The van der Waals surface area contributed by atoms with Gasteiger partial charge in [-0.3, -0.25) is 33.6 Å². The fraction of sp³-hybridized carbons (Fsp3) is 0.436. The largest absolute Gasteiger partial charge is 0.481 e. The Balaban J connectivity index is 1.62. The van der Waals surface area contributed by atoms with Crippen LogP contribution in [-0.2, 0) is 35.4 Å². The average molecular weight is 720 g/mol. The Morgan fingerprint density at radius 3 is 2.33 bits per heavy atom. The van der Waals surface area contributed by atoms with Crippen LogP contribution < -0.4 is 10.6 Å². The predicted molar refractivity (Wildman–Crippen MR) is 191 cm³/mol. The summed E-state index contributed by atoms with van der Waals surface area (Å²) in [5, 5.41) is 15.8. The van der Waals surface area contributed by atoms with Gasteiger partial charge in [0, 0.05) is 17.5 Å². The van der Waals surface area contributed by atoms with Gasteiger partial charge in [-0.05, 0) is 42.5 Å². The minimum Gasteiger partial charge on any atom is -0.481 e. The number of hydroxylamine groups is 2. The van der Waals surface area contributed by atoms with Gasteiger partial charge in [0.15, 0.2) is 11.5 Å². The first-order valence-corrected chi connectivity index (χ1v) is 17.5. The van der Waals surface area contributed by atoms with Crippen molar-refractivity contribution in [1.29, 1.82) is 0 Å². The van der Waals surface area contributed by atoms with Crippen molar-refractivity contribution in [3.05, 3.63) is 83.6 Å². The fourth-order valence-corrected chi connectivity index (χ4v) is 5.98. The van der Waals surface area contributed by atoms with E-state index in [-0.39, 0.29) is 37.1 Å². The van der Waals surface area contributed by atoms with Crippen molar-refractivity contribution >= 4 is 35.9 Å². The van der Waals surface area contributed by atoms with E-state index in [2.05, 4.69) is 17.6 Å². The highest BCUT2D eigenvalue weighted by atomic mass is 16.7. The molecular weight excluding hydrogens is 670 g/mol. The van der Waals surface area contributed by atoms with E-state index in [0.29, 0.717) is 36.1 Å². The highest BCUT2D eigenvalue weighted by Gasteiger charge is 2.32. The Labute approximate surface area is 304 Å². The topological polar surface area (TPSA) is 182 Å². The Hall–Kier alpha value is -5.30. The van der Waals surface area contributed by atoms with Crippen LogP contribution in [0.3, 0.4) is 0 Å². The summed E-state index contributed by atoms with van der Waals surface area (Å²) in [4.78, 5) is 80.8. The van der Waals surface area contributed by atoms with Crippen LogP contribution in [0.1, 0.15) is 92.2 Å². The zero-order valence-corrected chi connectivity index (χ0v) is 30.2. The van der Waals surface area contributed by atoms with Crippen molar-refractivity contribution in [2.24, 2.45) is 17.8 Å². The number of hydrogen-bond acceptors (Lipinski definition) is 9. The van der Waals surface area contributed by atoms with E-state index in [1.807, 2.05) is 37.3 Å². The Morgan fingerprint density at radius 1 is 0.923 bits per heavy atom. The molecule has 3 amide bonds. The van der Waals surface area contributed by atoms with Gasteiger partial charge >= 0.3 is 11.9 Å².